The van der Waals surface area contributed by atoms with Crippen LogP contribution in [-0.4, -0.2) is 40.0 Å². The molecule has 1 aromatic rings. The molecule has 1 aromatic heterocycles. The van der Waals surface area contributed by atoms with Crippen LogP contribution in [0.5, 0.6) is 0 Å². The van der Waals surface area contributed by atoms with Crippen molar-refractivity contribution in [3.8, 4) is 0 Å². The second-order valence-electron chi connectivity index (χ2n) is 4.25. The van der Waals surface area contributed by atoms with E-state index < -0.39 is 5.97 Å². The lowest BCUT2D eigenvalue weighted by Gasteiger charge is -2.14. The summed E-state index contributed by atoms with van der Waals surface area (Å²) in [5.41, 5.74) is 0. The summed E-state index contributed by atoms with van der Waals surface area (Å²) in [6.07, 6.45) is 2.51. The first-order valence-electron chi connectivity index (χ1n) is 5.49. The number of likely N-dealkylation sites (tertiary alicyclic amines) is 1. The molecule has 6 heteroatoms. The molecule has 2 heterocycles. The van der Waals surface area contributed by atoms with Gasteiger partial charge in [0.25, 0.3) is 5.91 Å². The molecule has 92 valence electrons. The molecular weight excluding hydrogens is 240 g/mol. The van der Waals surface area contributed by atoms with E-state index in [1.165, 1.54) is 11.3 Å². The predicted octanol–water partition coefficient (Wildman–Crippen LogP) is 1.39. The zero-order valence-electron chi connectivity index (χ0n) is 9.55. The fraction of sp³-hybridized carbons (Fsp3) is 0.545. The maximum atomic E-state index is 12.0. The lowest BCUT2D eigenvalue weighted by atomic mass is 10.1. The molecule has 1 saturated heterocycles. The first kappa shape index (κ1) is 12.0. The van der Waals surface area contributed by atoms with Crippen LogP contribution in [0.15, 0.2) is 6.20 Å². The molecule has 1 amide bonds. The van der Waals surface area contributed by atoms with Crippen LogP contribution in [0.4, 0.5) is 0 Å². The van der Waals surface area contributed by atoms with Crippen LogP contribution in [0.3, 0.4) is 0 Å². The molecule has 5 nitrogen and oxygen atoms in total. The number of carboxylic acid groups (broad SMARTS) is 1. The van der Waals surface area contributed by atoms with E-state index in [9.17, 15) is 9.59 Å². The van der Waals surface area contributed by atoms with Gasteiger partial charge in [-0.2, -0.15) is 0 Å². The number of carbonyl (C=O) groups excluding carboxylic acids is 1. The van der Waals surface area contributed by atoms with Gasteiger partial charge in [-0.3, -0.25) is 9.59 Å². The number of aromatic nitrogens is 1. The Hall–Kier alpha value is -1.43. The molecule has 0 spiro atoms. The van der Waals surface area contributed by atoms with E-state index in [0.29, 0.717) is 18.0 Å². The second-order valence-corrected chi connectivity index (χ2v) is 5.48. The monoisotopic (exact) mass is 254 g/mol. The summed E-state index contributed by atoms with van der Waals surface area (Å²) in [7, 11) is 0. The standard InChI is InChI=1S/C11H14N2O3S/c1-7-12-5-9(17-7)11(16)13-3-2-8(6-13)4-10(14)15/h5,8H,2-4,6H2,1H3,(H,14,15). The van der Waals surface area contributed by atoms with E-state index in [2.05, 4.69) is 4.98 Å². The van der Waals surface area contributed by atoms with Gasteiger partial charge in [0.2, 0.25) is 0 Å². The molecule has 1 fully saturated rings. The van der Waals surface area contributed by atoms with Gasteiger partial charge in [0, 0.05) is 19.5 Å². The quantitative estimate of drug-likeness (QED) is 0.884. The van der Waals surface area contributed by atoms with Crippen LogP contribution in [0, 0.1) is 12.8 Å². The molecule has 1 aliphatic heterocycles. The first-order chi connectivity index (χ1) is 8.06. The molecule has 1 N–H and O–H groups in total. The van der Waals surface area contributed by atoms with E-state index in [4.69, 9.17) is 5.11 Å². The van der Waals surface area contributed by atoms with Crippen molar-refractivity contribution in [3.63, 3.8) is 0 Å². The van der Waals surface area contributed by atoms with Gasteiger partial charge in [-0.1, -0.05) is 0 Å². The molecule has 17 heavy (non-hydrogen) atoms. The van der Waals surface area contributed by atoms with Gasteiger partial charge in [0.1, 0.15) is 4.88 Å². The maximum Gasteiger partial charge on any atom is 0.303 e. The highest BCUT2D eigenvalue weighted by molar-refractivity contribution is 7.13. The normalized spacial score (nSPS) is 19.6. The third-order valence-electron chi connectivity index (χ3n) is 2.87. The van der Waals surface area contributed by atoms with Crippen LogP contribution < -0.4 is 0 Å². The minimum atomic E-state index is -0.794. The maximum absolute atomic E-state index is 12.0. The van der Waals surface area contributed by atoms with Crippen LogP contribution in [0.2, 0.25) is 0 Å². The molecule has 1 aliphatic rings. The molecule has 1 unspecified atom stereocenters. The van der Waals surface area contributed by atoms with E-state index >= 15 is 0 Å². The zero-order chi connectivity index (χ0) is 12.4. The minimum Gasteiger partial charge on any atom is -0.481 e. The number of aryl methyl sites for hydroxylation is 1. The van der Waals surface area contributed by atoms with Crippen LogP contribution in [0.1, 0.15) is 27.5 Å². The Labute approximate surface area is 103 Å². The Morgan fingerprint density at radius 1 is 1.65 bits per heavy atom. The molecule has 0 saturated carbocycles. The van der Waals surface area contributed by atoms with Gasteiger partial charge in [0.15, 0.2) is 0 Å². The lowest BCUT2D eigenvalue weighted by Crippen LogP contribution is -2.28. The number of rotatable bonds is 3. The molecule has 0 aromatic carbocycles. The fourth-order valence-electron chi connectivity index (χ4n) is 2.05. The summed E-state index contributed by atoms with van der Waals surface area (Å²) in [5, 5.41) is 9.58. The minimum absolute atomic E-state index is 0.0245. The van der Waals surface area contributed by atoms with E-state index in [1.807, 2.05) is 6.92 Å². The number of carboxylic acids is 1. The number of hydrogen-bond acceptors (Lipinski definition) is 4. The van der Waals surface area contributed by atoms with Gasteiger partial charge in [-0.25, -0.2) is 4.98 Å². The van der Waals surface area contributed by atoms with Crippen molar-refractivity contribution < 1.29 is 14.7 Å². The van der Waals surface area contributed by atoms with Crippen molar-refractivity contribution in [2.24, 2.45) is 5.92 Å². The first-order valence-corrected chi connectivity index (χ1v) is 6.31. The Morgan fingerprint density at radius 2 is 2.41 bits per heavy atom. The van der Waals surface area contributed by atoms with Gasteiger partial charge in [0.05, 0.1) is 11.2 Å². The van der Waals surface area contributed by atoms with E-state index in [-0.39, 0.29) is 18.2 Å². The molecular formula is C11H14N2O3S. The van der Waals surface area contributed by atoms with E-state index in [1.54, 1.807) is 11.1 Å². The van der Waals surface area contributed by atoms with Crippen molar-refractivity contribution in [1.29, 1.82) is 0 Å². The van der Waals surface area contributed by atoms with Crippen molar-refractivity contribution in [1.82, 2.24) is 9.88 Å². The highest BCUT2D eigenvalue weighted by Crippen LogP contribution is 2.23. The summed E-state index contributed by atoms with van der Waals surface area (Å²) in [6, 6.07) is 0. The molecule has 2 rings (SSSR count). The summed E-state index contributed by atoms with van der Waals surface area (Å²) in [6.45, 7) is 3.05. The summed E-state index contributed by atoms with van der Waals surface area (Å²) < 4.78 is 0. The van der Waals surface area contributed by atoms with Gasteiger partial charge < -0.3 is 10.0 Å². The highest BCUT2D eigenvalue weighted by Gasteiger charge is 2.28. The third-order valence-corrected chi connectivity index (χ3v) is 3.77. The number of amides is 1. The SMILES string of the molecule is Cc1ncc(C(=O)N2CCC(CC(=O)O)C2)s1. The largest absolute Gasteiger partial charge is 0.481 e. The number of hydrogen-bond donors (Lipinski definition) is 1. The molecule has 1 atom stereocenters. The Bertz CT molecular complexity index is 444. The predicted molar refractivity (Wildman–Crippen MR) is 63.1 cm³/mol. The molecule has 0 radical (unpaired) electrons. The average molecular weight is 254 g/mol. The fourth-order valence-corrected chi connectivity index (χ4v) is 2.79. The van der Waals surface area contributed by atoms with Gasteiger partial charge in [-0.05, 0) is 19.3 Å². The van der Waals surface area contributed by atoms with Crippen molar-refractivity contribution >= 4 is 23.2 Å². The third kappa shape index (κ3) is 2.82. The summed E-state index contributed by atoms with van der Waals surface area (Å²) >= 11 is 1.38. The summed E-state index contributed by atoms with van der Waals surface area (Å²) in [5.74, 6) is -0.730. The van der Waals surface area contributed by atoms with Crippen LogP contribution in [-0.2, 0) is 4.79 Å². The number of nitrogens with zero attached hydrogens (tertiary/aromatic N) is 2. The molecule has 0 aliphatic carbocycles. The van der Waals surface area contributed by atoms with Gasteiger partial charge >= 0.3 is 5.97 Å². The smallest absolute Gasteiger partial charge is 0.303 e. The Kier molecular flexibility index (Phi) is 3.42. The topological polar surface area (TPSA) is 70.5 Å². The van der Waals surface area contributed by atoms with Gasteiger partial charge in [-0.15, -0.1) is 11.3 Å². The van der Waals surface area contributed by atoms with Crippen molar-refractivity contribution in [3.05, 3.63) is 16.1 Å². The zero-order valence-corrected chi connectivity index (χ0v) is 10.4. The van der Waals surface area contributed by atoms with Crippen LogP contribution in [0.25, 0.3) is 0 Å². The number of carbonyl (C=O) groups is 2. The van der Waals surface area contributed by atoms with Crippen molar-refractivity contribution in [2.45, 2.75) is 19.8 Å². The number of aliphatic carboxylic acids is 1. The second kappa shape index (κ2) is 4.83. The highest BCUT2D eigenvalue weighted by atomic mass is 32.1. The van der Waals surface area contributed by atoms with Crippen molar-refractivity contribution in [2.75, 3.05) is 13.1 Å². The average Bonchev–Trinajstić information content (AvgIpc) is 2.85. The number of thiazole rings is 1. The molecule has 0 bridgehead atoms. The Balaban J connectivity index is 1.96. The lowest BCUT2D eigenvalue weighted by molar-refractivity contribution is -0.138. The van der Waals surface area contributed by atoms with E-state index in [0.717, 1.165) is 11.4 Å². The Morgan fingerprint density at radius 3 is 3.00 bits per heavy atom. The van der Waals surface area contributed by atoms with Crippen LogP contribution >= 0.6 is 11.3 Å². The summed E-state index contributed by atoms with van der Waals surface area (Å²) in [4.78, 5) is 29.0.